The molecule has 0 saturated carbocycles. The normalized spacial score (nSPS) is 10.5. The Kier molecular flexibility index (Phi) is 4.68. The Morgan fingerprint density at radius 1 is 1.60 bits per heavy atom. The number of aromatic carboxylic acids is 1. The molecule has 1 aromatic rings. The Hall–Kier alpha value is -0.970. The van der Waals surface area contributed by atoms with Crippen LogP contribution in [0.1, 0.15) is 36.7 Å². The lowest BCUT2D eigenvalue weighted by Crippen LogP contribution is -2.04. The van der Waals surface area contributed by atoms with Gasteiger partial charge in [0.15, 0.2) is 5.16 Å². The predicted octanol–water partition coefficient (Wildman–Crippen LogP) is 2.40. The lowest BCUT2D eigenvalue weighted by molar-refractivity contribution is 0.0685. The van der Waals surface area contributed by atoms with Crippen LogP contribution in [0.4, 0.5) is 0 Å². The lowest BCUT2D eigenvalue weighted by atomic mass is 10.3. The van der Waals surface area contributed by atoms with Crippen LogP contribution in [0.3, 0.4) is 0 Å². The summed E-state index contributed by atoms with van der Waals surface area (Å²) >= 11 is 1.61. The molecule has 0 aromatic carbocycles. The molecule has 15 heavy (non-hydrogen) atoms. The Morgan fingerprint density at radius 3 is 2.87 bits per heavy atom. The molecule has 0 saturated heterocycles. The second kappa shape index (κ2) is 5.80. The largest absolute Gasteiger partial charge is 0.477 e. The van der Waals surface area contributed by atoms with Gasteiger partial charge in [-0.05, 0) is 6.42 Å². The highest BCUT2D eigenvalue weighted by Gasteiger charge is 2.12. The molecule has 84 valence electrons. The minimum Gasteiger partial charge on any atom is -0.477 e. The number of carboxylic acid groups (broad SMARTS) is 1. The zero-order valence-electron chi connectivity index (χ0n) is 9.06. The Bertz CT molecular complexity index is 336. The van der Waals surface area contributed by atoms with Crippen LogP contribution in [0.15, 0.2) is 11.4 Å². The third-order valence-corrected chi connectivity index (χ3v) is 3.27. The molecule has 4 nitrogen and oxygen atoms in total. The highest BCUT2D eigenvalue weighted by atomic mass is 32.2. The maximum atomic E-state index is 10.7. The summed E-state index contributed by atoms with van der Waals surface area (Å²) in [5, 5.41) is 9.60. The minimum atomic E-state index is -0.926. The van der Waals surface area contributed by atoms with Crippen molar-refractivity contribution < 1.29 is 9.90 Å². The van der Waals surface area contributed by atoms with Gasteiger partial charge in [0, 0.05) is 12.8 Å². The van der Waals surface area contributed by atoms with Crippen LogP contribution in [0, 0.1) is 0 Å². The fourth-order valence-electron chi connectivity index (χ4n) is 1.24. The van der Waals surface area contributed by atoms with Gasteiger partial charge in [0.25, 0.3) is 0 Å². The zero-order chi connectivity index (χ0) is 11.3. The molecule has 0 spiro atoms. The van der Waals surface area contributed by atoms with Crippen LogP contribution in [0.2, 0.25) is 0 Å². The Morgan fingerprint density at radius 2 is 2.33 bits per heavy atom. The summed E-state index contributed by atoms with van der Waals surface area (Å²) in [6.07, 6.45) is 4.96. The molecular weight excluding hydrogens is 212 g/mol. The maximum absolute atomic E-state index is 10.7. The van der Waals surface area contributed by atoms with Crippen LogP contribution >= 0.6 is 11.8 Å². The van der Waals surface area contributed by atoms with Gasteiger partial charge >= 0.3 is 5.97 Å². The Labute approximate surface area is 93.7 Å². The average Bonchev–Trinajstić information content (AvgIpc) is 2.55. The van der Waals surface area contributed by atoms with Crippen molar-refractivity contribution in [3.8, 4) is 0 Å². The fraction of sp³-hybridized carbons (Fsp3) is 0.600. The van der Waals surface area contributed by atoms with Crippen molar-refractivity contribution in [3.05, 3.63) is 11.9 Å². The van der Waals surface area contributed by atoms with Gasteiger partial charge in [-0.15, -0.1) is 0 Å². The second-order valence-corrected chi connectivity index (χ2v) is 4.41. The van der Waals surface area contributed by atoms with Gasteiger partial charge in [-0.2, -0.15) is 0 Å². The van der Waals surface area contributed by atoms with Crippen molar-refractivity contribution in [2.75, 3.05) is 5.75 Å². The number of hydrogen-bond donors (Lipinski definition) is 1. The smallest absolute Gasteiger partial charge is 0.354 e. The zero-order valence-corrected chi connectivity index (χ0v) is 9.88. The SMILES string of the molecule is CCCCCSc1ncc(C(=O)O)n1C. The summed E-state index contributed by atoms with van der Waals surface area (Å²) in [6, 6.07) is 0. The molecule has 0 aliphatic heterocycles. The van der Waals surface area contributed by atoms with E-state index in [0.717, 1.165) is 17.3 Å². The molecule has 0 atom stereocenters. The fourth-order valence-corrected chi connectivity index (χ4v) is 2.19. The molecule has 0 amide bonds. The summed E-state index contributed by atoms with van der Waals surface area (Å²) in [6.45, 7) is 2.16. The van der Waals surface area contributed by atoms with Crippen molar-refractivity contribution in [1.82, 2.24) is 9.55 Å². The van der Waals surface area contributed by atoms with Crippen LogP contribution < -0.4 is 0 Å². The topological polar surface area (TPSA) is 55.1 Å². The number of imidazole rings is 1. The molecule has 1 heterocycles. The summed E-state index contributed by atoms with van der Waals surface area (Å²) in [7, 11) is 1.73. The van der Waals surface area contributed by atoms with E-state index in [1.807, 2.05) is 0 Å². The number of nitrogens with zero attached hydrogens (tertiary/aromatic N) is 2. The van der Waals surface area contributed by atoms with Crippen molar-refractivity contribution in [3.63, 3.8) is 0 Å². The predicted molar refractivity (Wildman–Crippen MR) is 60.4 cm³/mol. The number of carbonyl (C=O) groups is 1. The summed E-state index contributed by atoms with van der Waals surface area (Å²) in [5.41, 5.74) is 0.244. The third kappa shape index (κ3) is 3.27. The van der Waals surface area contributed by atoms with Gasteiger partial charge in [0.2, 0.25) is 0 Å². The van der Waals surface area contributed by atoms with E-state index in [2.05, 4.69) is 11.9 Å². The van der Waals surface area contributed by atoms with E-state index in [9.17, 15) is 4.79 Å². The van der Waals surface area contributed by atoms with Gasteiger partial charge in [-0.25, -0.2) is 9.78 Å². The van der Waals surface area contributed by atoms with E-state index in [1.165, 1.54) is 19.0 Å². The molecule has 0 fully saturated rings. The quantitative estimate of drug-likeness (QED) is 0.600. The van der Waals surface area contributed by atoms with Crippen LogP contribution in [-0.4, -0.2) is 26.4 Å². The summed E-state index contributed by atoms with van der Waals surface area (Å²) in [4.78, 5) is 14.8. The third-order valence-electron chi connectivity index (χ3n) is 2.14. The van der Waals surface area contributed by atoms with E-state index >= 15 is 0 Å². The molecule has 0 bridgehead atoms. The van der Waals surface area contributed by atoms with Crippen molar-refractivity contribution in [1.29, 1.82) is 0 Å². The van der Waals surface area contributed by atoms with E-state index in [0.29, 0.717) is 0 Å². The second-order valence-electron chi connectivity index (χ2n) is 3.35. The highest BCUT2D eigenvalue weighted by Crippen LogP contribution is 2.18. The number of hydrogen-bond acceptors (Lipinski definition) is 3. The molecule has 1 N–H and O–H groups in total. The first-order valence-electron chi connectivity index (χ1n) is 5.04. The van der Waals surface area contributed by atoms with E-state index in [4.69, 9.17) is 5.11 Å². The van der Waals surface area contributed by atoms with E-state index in [-0.39, 0.29) is 5.69 Å². The molecule has 0 radical (unpaired) electrons. The molecule has 5 heteroatoms. The van der Waals surface area contributed by atoms with Crippen molar-refractivity contribution in [2.45, 2.75) is 31.3 Å². The molecule has 0 unspecified atom stereocenters. The van der Waals surface area contributed by atoms with Crippen LogP contribution in [0.25, 0.3) is 0 Å². The van der Waals surface area contributed by atoms with Gasteiger partial charge in [-0.3, -0.25) is 0 Å². The molecule has 0 aliphatic rings. The summed E-state index contributed by atoms with van der Waals surface area (Å²) < 4.78 is 1.62. The molecule has 0 aliphatic carbocycles. The van der Waals surface area contributed by atoms with Gasteiger partial charge in [0.1, 0.15) is 5.69 Å². The van der Waals surface area contributed by atoms with E-state index < -0.39 is 5.97 Å². The number of carboxylic acids is 1. The first-order valence-corrected chi connectivity index (χ1v) is 6.03. The lowest BCUT2D eigenvalue weighted by Gasteiger charge is -2.02. The van der Waals surface area contributed by atoms with Crippen molar-refractivity contribution >= 4 is 17.7 Å². The van der Waals surface area contributed by atoms with Crippen LogP contribution in [-0.2, 0) is 7.05 Å². The minimum absolute atomic E-state index is 0.244. The Balaban J connectivity index is 2.51. The first kappa shape index (κ1) is 12.1. The monoisotopic (exact) mass is 228 g/mol. The van der Waals surface area contributed by atoms with Gasteiger partial charge in [0.05, 0.1) is 6.20 Å². The van der Waals surface area contributed by atoms with Crippen molar-refractivity contribution in [2.24, 2.45) is 7.05 Å². The number of rotatable bonds is 6. The number of aromatic nitrogens is 2. The van der Waals surface area contributed by atoms with Crippen LogP contribution in [0.5, 0.6) is 0 Å². The highest BCUT2D eigenvalue weighted by molar-refractivity contribution is 7.99. The molecule has 1 aromatic heterocycles. The maximum Gasteiger partial charge on any atom is 0.354 e. The standard InChI is InChI=1S/C10H16N2O2S/c1-3-4-5-6-15-10-11-7-8(9(13)14)12(10)2/h7H,3-6H2,1-2H3,(H,13,14). The first-order chi connectivity index (χ1) is 7.16. The van der Waals surface area contributed by atoms with Gasteiger partial charge in [-0.1, -0.05) is 31.5 Å². The van der Waals surface area contributed by atoms with E-state index in [1.54, 1.807) is 23.4 Å². The molecular formula is C10H16N2O2S. The summed E-state index contributed by atoms with van der Waals surface area (Å²) in [5.74, 6) is 0.0722. The molecule has 1 rings (SSSR count). The number of unbranched alkanes of at least 4 members (excludes halogenated alkanes) is 2. The number of thioether (sulfide) groups is 1. The van der Waals surface area contributed by atoms with Gasteiger partial charge < -0.3 is 9.67 Å². The average molecular weight is 228 g/mol.